The average molecular weight is 253 g/mol. The SMILES string of the molecule is Nc1ccc(NC2CCCc3ccccc32)cc1N. The highest BCUT2D eigenvalue weighted by molar-refractivity contribution is 5.69. The Balaban J connectivity index is 1.86. The molecule has 3 rings (SSSR count). The maximum absolute atomic E-state index is 5.86. The Morgan fingerprint density at radius 2 is 1.84 bits per heavy atom. The Hall–Kier alpha value is -2.16. The molecule has 0 saturated carbocycles. The average Bonchev–Trinajstić information content (AvgIpc) is 2.43. The van der Waals surface area contributed by atoms with Crippen LogP contribution in [0.1, 0.15) is 30.0 Å². The van der Waals surface area contributed by atoms with Gasteiger partial charge >= 0.3 is 0 Å². The van der Waals surface area contributed by atoms with Crippen LogP contribution in [0.2, 0.25) is 0 Å². The van der Waals surface area contributed by atoms with Crippen LogP contribution in [0, 0.1) is 0 Å². The first kappa shape index (κ1) is 11.9. The second-order valence-electron chi connectivity index (χ2n) is 5.13. The van der Waals surface area contributed by atoms with Gasteiger partial charge in [0.05, 0.1) is 17.4 Å². The normalized spacial score (nSPS) is 17.8. The third kappa shape index (κ3) is 2.36. The van der Waals surface area contributed by atoms with Crippen molar-refractivity contribution in [3.05, 3.63) is 53.6 Å². The van der Waals surface area contributed by atoms with Crippen LogP contribution in [-0.4, -0.2) is 0 Å². The zero-order chi connectivity index (χ0) is 13.2. The van der Waals surface area contributed by atoms with E-state index in [1.807, 2.05) is 18.2 Å². The van der Waals surface area contributed by atoms with Gasteiger partial charge in [-0.15, -0.1) is 0 Å². The van der Waals surface area contributed by atoms with Gasteiger partial charge in [-0.1, -0.05) is 24.3 Å². The Kier molecular flexibility index (Phi) is 3.03. The van der Waals surface area contributed by atoms with Gasteiger partial charge in [0.25, 0.3) is 0 Å². The second-order valence-corrected chi connectivity index (χ2v) is 5.13. The van der Waals surface area contributed by atoms with Crippen LogP contribution >= 0.6 is 0 Å². The minimum Gasteiger partial charge on any atom is -0.397 e. The lowest BCUT2D eigenvalue weighted by Gasteiger charge is -2.27. The molecule has 98 valence electrons. The van der Waals surface area contributed by atoms with Crippen molar-refractivity contribution < 1.29 is 0 Å². The summed E-state index contributed by atoms with van der Waals surface area (Å²) in [6.07, 6.45) is 3.55. The molecule has 0 heterocycles. The third-order valence-electron chi connectivity index (χ3n) is 3.80. The number of aryl methyl sites for hydroxylation is 1. The quantitative estimate of drug-likeness (QED) is 0.719. The molecule has 1 unspecified atom stereocenters. The number of benzene rings is 2. The molecule has 0 aliphatic heterocycles. The molecule has 3 heteroatoms. The van der Waals surface area contributed by atoms with E-state index in [2.05, 4.69) is 29.6 Å². The number of nitrogens with one attached hydrogen (secondary N) is 1. The molecular weight excluding hydrogens is 234 g/mol. The molecule has 0 spiro atoms. The van der Waals surface area contributed by atoms with Gasteiger partial charge in [0.15, 0.2) is 0 Å². The molecule has 0 bridgehead atoms. The Morgan fingerprint density at radius 1 is 1.00 bits per heavy atom. The summed E-state index contributed by atoms with van der Waals surface area (Å²) in [6, 6.07) is 14.8. The van der Waals surface area contributed by atoms with E-state index in [9.17, 15) is 0 Å². The van der Waals surface area contributed by atoms with E-state index in [4.69, 9.17) is 11.5 Å². The molecule has 3 nitrogen and oxygen atoms in total. The van der Waals surface area contributed by atoms with Gasteiger partial charge in [0.1, 0.15) is 0 Å². The van der Waals surface area contributed by atoms with Gasteiger partial charge in [0, 0.05) is 5.69 Å². The van der Waals surface area contributed by atoms with E-state index in [-0.39, 0.29) is 0 Å². The molecule has 0 radical (unpaired) electrons. The smallest absolute Gasteiger partial charge is 0.0568 e. The van der Waals surface area contributed by atoms with Gasteiger partial charge < -0.3 is 16.8 Å². The standard InChI is InChI=1S/C16H19N3/c17-14-9-8-12(10-15(14)18)19-16-7-3-5-11-4-1-2-6-13(11)16/h1-2,4,6,8-10,16,19H,3,5,7,17-18H2. The Morgan fingerprint density at radius 3 is 2.68 bits per heavy atom. The summed E-state index contributed by atoms with van der Waals surface area (Å²) in [5.74, 6) is 0. The van der Waals surface area contributed by atoms with Crippen LogP contribution in [-0.2, 0) is 6.42 Å². The topological polar surface area (TPSA) is 64.1 Å². The van der Waals surface area contributed by atoms with E-state index in [1.54, 1.807) is 0 Å². The molecule has 0 amide bonds. The molecule has 0 saturated heterocycles. The van der Waals surface area contributed by atoms with Crippen molar-refractivity contribution in [2.24, 2.45) is 0 Å². The zero-order valence-corrected chi connectivity index (χ0v) is 10.9. The minimum atomic E-state index is 0.368. The van der Waals surface area contributed by atoms with Gasteiger partial charge in [-0.2, -0.15) is 0 Å². The van der Waals surface area contributed by atoms with Crippen molar-refractivity contribution in [2.45, 2.75) is 25.3 Å². The lowest BCUT2D eigenvalue weighted by Crippen LogP contribution is -2.17. The van der Waals surface area contributed by atoms with Crippen LogP contribution < -0.4 is 16.8 Å². The van der Waals surface area contributed by atoms with Gasteiger partial charge in [-0.25, -0.2) is 0 Å². The summed E-state index contributed by atoms with van der Waals surface area (Å²) < 4.78 is 0. The van der Waals surface area contributed by atoms with Gasteiger partial charge in [0.2, 0.25) is 0 Å². The first-order chi connectivity index (χ1) is 9.24. The van der Waals surface area contributed by atoms with Crippen LogP contribution in [0.3, 0.4) is 0 Å². The highest BCUT2D eigenvalue weighted by Crippen LogP contribution is 2.33. The number of hydrogen-bond donors (Lipinski definition) is 3. The minimum absolute atomic E-state index is 0.368. The molecule has 5 N–H and O–H groups in total. The summed E-state index contributed by atoms with van der Waals surface area (Å²) in [6.45, 7) is 0. The van der Waals surface area contributed by atoms with E-state index >= 15 is 0 Å². The Labute approximate surface area is 113 Å². The van der Waals surface area contributed by atoms with E-state index < -0.39 is 0 Å². The molecule has 0 aromatic heterocycles. The highest BCUT2D eigenvalue weighted by atomic mass is 14.9. The first-order valence-electron chi connectivity index (χ1n) is 6.73. The molecule has 2 aromatic rings. The number of anilines is 3. The number of nitrogen functional groups attached to an aromatic ring is 2. The van der Waals surface area contributed by atoms with Crippen molar-refractivity contribution in [2.75, 3.05) is 16.8 Å². The maximum atomic E-state index is 5.86. The van der Waals surface area contributed by atoms with Crippen LogP contribution in [0.15, 0.2) is 42.5 Å². The molecule has 1 atom stereocenters. The maximum Gasteiger partial charge on any atom is 0.0568 e. The number of fused-ring (bicyclic) bond motifs is 1. The van der Waals surface area contributed by atoms with Crippen LogP contribution in [0.25, 0.3) is 0 Å². The summed E-state index contributed by atoms with van der Waals surface area (Å²) in [4.78, 5) is 0. The fourth-order valence-electron chi connectivity index (χ4n) is 2.77. The molecule has 2 aromatic carbocycles. The van der Waals surface area contributed by atoms with Crippen molar-refractivity contribution >= 4 is 17.1 Å². The van der Waals surface area contributed by atoms with Crippen LogP contribution in [0.5, 0.6) is 0 Å². The molecule has 0 fully saturated rings. The summed E-state index contributed by atoms with van der Waals surface area (Å²) in [5, 5.41) is 3.57. The molecule has 1 aliphatic carbocycles. The number of hydrogen-bond acceptors (Lipinski definition) is 3. The summed E-state index contributed by atoms with van der Waals surface area (Å²) >= 11 is 0. The van der Waals surface area contributed by atoms with E-state index in [0.717, 1.165) is 12.1 Å². The first-order valence-corrected chi connectivity index (χ1v) is 6.73. The van der Waals surface area contributed by atoms with Crippen molar-refractivity contribution in [1.29, 1.82) is 0 Å². The van der Waals surface area contributed by atoms with Crippen molar-refractivity contribution in [3.8, 4) is 0 Å². The van der Waals surface area contributed by atoms with Gasteiger partial charge in [-0.05, 0) is 48.6 Å². The number of nitrogens with two attached hydrogens (primary N) is 2. The van der Waals surface area contributed by atoms with Gasteiger partial charge in [-0.3, -0.25) is 0 Å². The van der Waals surface area contributed by atoms with Crippen LogP contribution in [0.4, 0.5) is 17.1 Å². The lowest BCUT2D eigenvalue weighted by atomic mass is 9.87. The summed E-state index contributed by atoms with van der Waals surface area (Å²) in [7, 11) is 0. The molecule has 1 aliphatic rings. The predicted octanol–water partition coefficient (Wildman–Crippen LogP) is 3.34. The lowest BCUT2D eigenvalue weighted by molar-refractivity contribution is 0.600. The fourth-order valence-corrected chi connectivity index (χ4v) is 2.77. The van der Waals surface area contributed by atoms with E-state index in [0.29, 0.717) is 17.4 Å². The molecule has 19 heavy (non-hydrogen) atoms. The number of rotatable bonds is 2. The third-order valence-corrected chi connectivity index (χ3v) is 3.80. The second kappa shape index (κ2) is 4.84. The highest BCUT2D eigenvalue weighted by Gasteiger charge is 2.19. The zero-order valence-electron chi connectivity index (χ0n) is 10.9. The van der Waals surface area contributed by atoms with Crippen molar-refractivity contribution in [3.63, 3.8) is 0 Å². The summed E-state index contributed by atoms with van der Waals surface area (Å²) in [5.41, 5.74) is 16.8. The fraction of sp³-hybridized carbons (Fsp3) is 0.250. The Bertz CT molecular complexity index is 592. The van der Waals surface area contributed by atoms with E-state index in [1.165, 1.54) is 24.0 Å². The van der Waals surface area contributed by atoms with Crippen molar-refractivity contribution in [1.82, 2.24) is 0 Å². The predicted molar refractivity (Wildman–Crippen MR) is 81.0 cm³/mol. The largest absolute Gasteiger partial charge is 0.397 e. The molecular formula is C16H19N3. The monoisotopic (exact) mass is 253 g/mol.